The van der Waals surface area contributed by atoms with Crippen molar-refractivity contribution in [3.63, 3.8) is 0 Å². The number of nitrogens with one attached hydrogen (secondary N) is 4. The van der Waals surface area contributed by atoms with Gasteiger partial charge in [0, 0.05) is 78.3 Å². The molecule has 9 atom stereocenters. The lowest BCUT2D eigenvalue weighted by Crippen LogP contribution is -2.64. The normalized spacial score (nSPS) is 24.5. The lowest BCUT2D eigenvalue weighted by atomic mass is 9.95. The van der Waals surface area contributed by atoms with Crippen LogP contribution in [0.1, 0.15) is 135 Å². The van der Waals surface area contributed by atoms with Crippen LogP contribution in [0.2, 0.25) is 0 Å². The van der Waals surface area contributed by atoms with Gasteiger partial charge in [0.05, 0.1) is 19.5 Å². The fraction of sp³-hybridized carbons (Fsp3) is 0.595. The number of amides is 12. The highest BCUT2D eigenvalue weighted by Crippen LogP contribution is 2.26. The third-order valence-electron chi connectivity index (χ3n) is 19.7. The zero-order chi connectivity index (χ0) is 73.3. The number of nitrogens with zero attached hydrogens (tertiary/aromatic N) is 8. The average Bonchev–Trinajstić information content (AvgIpc) is 0.799. The van der Waals surface area contributed by atoms with Gasteiger partial charge in [-0.1, -0.05) is 120 Å². The predicted octanol–water partition coefficient (Wildman–Crippen LogP) is 4.75. The Morgan fingerprint density at radius 3 is 1.80 bits per heavy atom. The van der Waals surface area contributed by atoms with Crippen molar-refractivity contribution in [2.45, 2.75) is 193 Å². The highest BCUT2D eigenvalue weighted by Gasteiger charge is 2.46. The first kappa shape index (κ1) is 80.0. The van der Waals surface area contributed by atoms with E-state index in [1.54, 1.807) is 24.0 Å². The predicted molar refractivity (Wildman–Crippen MR) is 386 cm³/mol. The lowest BCUT2D eigenvalue weighted by molar-refractivity contribution is -0.157. The van der Waals surface area contributed by atoms with E-state index in [-0.39, 0.29) is 56.9 Å². The molecule has 3 fully saturated rings. The molecule has 0 spiro atoms. The minimum absolute atomic E-state index is 0.0197. The van der Waals surface area contributed by atoms with Gasteiger partial charge in [-0.15, -0.1) is 0 Å². The molecular weight excluding hydrogens is 1380 g/mol. The number of benzene rings is 3. The van der Waals surface area contributed by atoms with Crippen LogP contribution in [-0.4, -0.2) is 239 Å². The van der Waals surface area contributed by atoms with Crippen molar-refractivity contribution in [1.82, 2.24) is 60.5 Å². The molecule has 0 radical (unpaired) electrons. The Morgan fingerprint density at radius 1 is 0.576 bits per heavy atom. The first-order valence-electron chi connectivity index (χ1n) is 34.8. The molecule has 3 heterocycles. The molecule has 3 saturated heterocycles. The molecule has 0 unspecified atom stereocenters. The van der Waals surface area contributed by atoms with E-state index in [4.69, 9.17) is 0 Å². The second-order valence-electron chi connectivity index (χ2n) is 28.7. The van der Waals surface area contributed by atoms with Gasteiger partial charge in [-0.3, -0.25) is 57.5 Å². The van der Waals surface area contributed by atoms with Crippen LogP contribution in [0.3, 0.4) is 0 Å². The van der Waals surface area contributed by atoms with Crippen LogP contribution in [0.5, 0.6) is 0 Å². The second kappa shape index (κ2) is 36.4. The first-order chi connectivity index (χ1) is 46.6. The van der Waals surface area contributed by atoms with Gasteiger partial charge in [0.1, 0.15) is 53.9 Å². The van der Waals surface area contributed by atoms with Crippen molar-refractivity contribution in [2.75, 3.05) is 75.0 Å². The molecule has 12 amide bonds. The van der Waals surface area contributed by atoms with Crippen LogP contribution in [0.15, 0.2) is 78.9 Å². The van der Waals surface area contributed by atoms with E-state index < -0.39 is 150 Å². The summed E-state index contributed by atoms with van der Waals surface area (Å²) >= 11 is 2.14. The van der Waals surface area contributed by atoms with E-state index in [9.17, 15) is 38.4 Å². The first-order valence-corrected chi connectivity index (χ1v) is 35.9. The molecule has 3 aliphatic heterocycles. The molecule has 0 bridgehead atoms. The third-order valence-corrected chi connectivity index (χ3v) is 20.4. The SMILES string of the molecule is CC[C@H](C)[C@@H]1NC(=O)[C@H](CC(C)C)N(C)C(=O)C[C@@H](C(=O)N2CCCCC2)N(C)C(=O)[C@H](CC(C)C)NC(=O)C(C)(C)N(C)C(=O)[C@H](CCc2ccccc2)NC(=O)[C@H](Cc2cccc(I)c2)NC(=O)CN(C)C(=O)[C@H](Cc2ccc(C)cc2)N(C)C(=O)[C@@H]2CCN2C(=O)CN(C)C1=O. The minimum atomic E-state index is -1.73. The zero-order valence-electron chi connectivity index (χ0n) is 60.7. The molecule has 0 aliphatic carbocycles. The smallest absolute Gasteiger partial charge is 0.246 e. The van der Waals surface area contributed by atoms with Crippen molar-refractivity contribution in [3.05, 3.63) is 105 Å². The number of carbonyl (C=O) groups excluding carboxylic acids is 12. The van der Waals surface area contributed by atoms with Gasteiger partial charge in [0.15, 0.2) is 0 Å². The van der Waals surface area contributed by atoms with Crippen molar-refractivity contribution >= 4 is 93.5 Å². The van der Waals surface area contributed by atoms with Crippen LogP contribution < -0.4 is 21.3 Å². The molecule has 6 rings (SSSR count). The molecule has 0 aromatic heterocycles. The lowest BCUT2D eigenvalue weighted by Gasteiger charge is -2.43. The van der Waals surface area contributed by atoms with Gasteiger partial charge in [0.25, 0.3) is 0 Å². The highest BCUT2D eigenvalue weighted by molar-refractivity contribution is 14.1. The molecule has 542 valence electrons. The summed E-state index contributed by atoms with van der Waals surface area (Å²) in [5.41, 5.74) is 1.45. The summed E-state index contributed by atoms with van der Waals surface area (Å²) in [6.07, 6.45) is 2.90. The number of likely N-dealkylation sites (tertiary alicyclic amines) is 1. The third kappa shape index (κ3) is 21.5. The summed E-state index contributed by atoms with van der Waals surface area (Å²) in [6.45, 7) is 15.9. The van der Waals surface area contributed by atoms with Crippen LogP contribution in [0.25, 0.3) is 0 Å². The fourth-order valence-corrected chi connectivity index (χ4v) is 13.4. The van der Waals surface area contributed by atoms with Crippen LogP contribution in [0, 0.1) is 28.2 Å². The molecule has 0 saturated carbocycles. The van der Waals surface area contributed by atoms with Gasteiger partial charge in [-0.05, 0) is 141 Å². The van der Waals surface area contributed by atoms with E-state index in [0.717, 1.165) is 21.1 Å². The van der Waals surface area contributed by atoms with Gasteiger partial charge in [0.2, 0.25) is 70.9 Å². The monoisotopic (exact) mass is 1480 g/mol. The highest BCUT2D eigenvalue weighted by atomic mass is 127. The van der Waals surface area contributed by atoms with Crippen molar-refractivity contribution in [3.8, 4) is 0 Å². The van der Waals surface area contributed by atoms with Crippen LogP contribution >= 0.6 is 22.6 Å². The Labute approximate surface area is 598 Å². The number of hydrogen-bond donors (Lipinski definition) is 4. The number of hydrogen-bond acceptors (Lipinski definition) is 12. The zero-order valence-corrected chi connectivity index (χ0v) is 62.9. The van der Waals surface area contributed by atoms with Gasteiger partial charge < -0.3 is 60.5 Å². The largest absolute Gasteiger partial charge is 0.342 e. The second-order valence-corrected chi connectivity index (χ2v) is 29.9. The Morgan fingerprint density at radius 2 is 1.20 bits per heavy atom. The van der Waals surface area contributed by atoms with Crippen molar-refractivity contribution in [1.29, 1.82) is 0 Å². The van der Waals surface area contributed by atoms with Crippen molar-refractivity contribution in [2.24, 2.45) is 17.8 Å². The number of fused-ring (bicyclic) bond motifs is 1. The topological polar surface area (TPSA) is 279 Å². The standard InChI is InChI=1S/C74H107IN12O12/c1-16-49(7)64-72(98)81(11)45-63(90)87-37-34-57(87)70(96)84(14)59(42-51-30-28-48(6)29-31-51)69(95)80(10)44-61(88)76-55(41-52-26-23-27-53(75)40-52)65(91)77-54(33-32-50-24-19-17-20-25-50)68(94)85(15)74(8,9)73(99)78-56(38-46(2)3)67(93)83(13)60(71(97)86-35-21-18-22-36-86)43-62(89)82(12)58(39-47(4)5)66(92)79-64/h17,19-20,23-31,40,46-47,49,54-60,64H,16,18,21-22,32-39,41-45H2,1-15H3,(H,76,88)(H,77,91)(H,78,99)(H,79,92)/t49-,54-,55-,56-,57-,58-,59-,60-,64-/m0/s1. The Hall–Kier alpha value is -7.97. The molecule has 3 aromatic rings. The van der Waals surface area contributed by atoms with Crippen LogP contribution in [0.4, 0.5) is 0 Å². The number of halogens is 1. The summed E-state index contributed by atoms with van der Waals surface area (Å²) in [4.78, 5) is 189. The number of likely N-dealkylation sites (N-methyl/N-ethyl adjacent to an activating group) is 6. The summed E-state index contributed by atoms with van der Waals surface area (Å²) in [5.74, 6) is -8.58. The molecule has 3 aliphatic rings. The maximum atomic E-state index is 15.3. The summed E-state index contributed by atoms with van der Waals surface area (Å²) in [7, 11) is 8.58. The van der Waals surface area contributed by atoms with Gasteiger partial charge in [-0.2, -0.15) is 0 Å². The minimum Gasteiger partial charge on any atom is -0.342 e. The van der Waals surface area contributed by atoms with Crippen LogP contribution in [-0.2, 0) is 76.8 Å². The Balaban J connectivity index is 1.44. The van der Waals surface area contributed by atoms with E-state index in [1.807, 2.05) is 108 Å². The molecule has 25 heteroatoms. The van der Waals surface area contributed by atoms with Gasteiger partial charge in [-0.25, -0.2) is 0 Å². The maximum Gasteiger partial charge on any atom is 0.246 e. The fourth-order valence-electron chi connectivity index (χ4n) is 12.8. The summed E-state index contributed by atoms with van der Waals surface area (Å²) in [5, 5.41) is 11.6. The average molecular weight is 1480 g/mol. The van der Waals surface area contributed by atoms with E-state index in [0.29, 0.717) is 49.9 Å². The quantitative estimate of drug-likeness (QED) is 0.159. The molecule has 99 heavy (non-hydrogen) atoms. The molecular formula is C74H107IN12O12. The van der Waals surface area contributed by atoms with E-state index in [1.165, 1.54) is 90.4 Å². The van der Waals surface area contributed by atoms with E-state index in [2.05, 4.69) is 43.9 Å². The number of carbonyl (C=O) groups is 12. The van der Waals surface area contributed by atoms with E-state index >= 15 is 19.2 Å². The van der Waals surface area contributed by atoms with Gasteiger partial charge >= 0.3 is 0 Å². The summed E-state index contributed by atoms with van der Waals surface area (Å²) < 4.78 is 0.847. The maximum absolute atomic E-state index is 15.3. The molecule has 3 aromatic carbocycles. The number of piperidine rings is 1. The summed E-state index contributed by atoms with van der Waals surface area (Å²) in [6, 6.07) is 14.1. The Bertz CT molecular complexity index is 3360. The molecule has 24 nitrogen and oxygen atoms in total. The Kier molecular flexibility index (Phi) is 29.4. The number of rotatable bonds is 14. The molecule has 4 N–H and O–H groups in total. The number of aryl methyl sites for hydroxylation is 2. The van der Waals surface area contributed by atoms with Crippen molar-refractivity contribution < 1.29 is 57.5 Å².